The Bertz CT molecular complexity index is 1370. The third-order valence-corrected chi connectivity index (χ3v) is 8.05. The summed E-state index contributed by atoms with van der Waals surface area (Å²) in [6.07, 6.45) is -0.179. The second kappa shape index (κ2) is 9.61. The van der Waals surface area contributed by atoms with Gasteiger partial charge in [0.1, 0.15) is 12.4 Å². The van der Waals surface area contributed by atoms with Crippen LogP contribution in [0.5, 0.6) is 0 Å². The molecule has 1 fully saturated rings. The van der Waals surface area contributed by atoms with Crippen molar-refractivity contribution in [3.05, 3.63) is 106 Å². The fraction of sp³-hybridized carbons (Fsp3) is 0.323. The van der Waals surface area contributed by atoms with Crippen LogP contribution in [0.15, 0.2) is 78.4 Å². The van der Waals surface area contributed by atoms with Crippen LogP contribution in [0.4, 0.5) is 22.4 Å². The molecule has 38 heavy (non-hydrogen) atoms. The van der Waals surface area contributed by atoms with Crippen molar-refractivity contribution >= 4 is 6.09 Å². The van der Waals surface area contributed by atoms with Crippen LogP contribution in [0, 0.1) is 5.82 Å². The average Bonchev–Trinajstić information content (AvgIpc) is 3.20. The minimum atomic E-state index is -4.55. The van der Waals surface area contributed by atoms with Gasteiger partial charge < -0.3 is 4.74 Å². The summed E-state index contributed by atoms with van der Waals surface area (Å²) in [4.78, 5) is 15.1. The van der Waals surface area contributed by atoms with Crippen molar-refractivity contribution in [2.24, 2.45) is 0 Å². The van der Waals surface area contributed by atoms with Crippen LogP contribution >= 0.6 is 0 Å². The van der Waals surface area contributed by atoms with E-state index in [1.165, 1.54) is 0 Å². The highest BCUT2D eigenvalue weighted by molar-refractivity contribution is 5.79. The number of nitrogens with zero attached hydrogens (tertiary/aromatic N) is 1. The first kappa shape index (κ1) is 24.7. The van der Waals surface area contributed by atoms with Crippen LogP contribution < -0.4 is 0 Å². The second-order valence-corrected chi connectivity index (χ2v) is 10.4. The van der Waals surface area contributed by atoms with E-state index < -0.39 is 23.7 Å². The number of amides is 1. The molecule has 0 radical (unpaired) electrons. The van der Waals surface area contributed by atoms with E-state index in [0.29, 0.717) is 6.42 Å². The molecule has 6 rings (SSSR count). The van der Waals surface area contributed by atoms with E-state index in [-0.39, 0.29) is 36.6 Å². The molecule has 1 amide bonds. The molecule has 2 unspecified atom stereocenters. The fourth-order valence-corrected chi connectivity index (χ4v) is 6.43. The Kier molecular flexibility index (Phi) is 6.25. The van der Waals surface area contributed by atoms with E-state index in [0.717, 1.165) is 65.3 Å². The van der Waals surface area contributed by atoms with Gasteiger partial charge in [0.15, 0.2) is 0 Å². The molecule has 7 heteroatoms. The predicted molar refractivity (Wildman–Crippen MR) is 136 cm³/mol. The van der Waals surface area contributed by atoms with Gasteiger partial charge in [0.05, 0.1) is 11.6 Å². The van der Waals surface area contributed by atoms with Crippen LogP contribution in [0.1, 0.15) is 53.9 Å². The third-order valence-electron chi connectivity index (χ3n) is 8.05. The predicted octanol–water partition coefficient (Wildman–Crippen LogP) is 7.89. The Hall–Kier alpha value is -3.61. The van der Waals surface area contributed by atoms with Crippen molar-refractivity contribution in [1.82, 2.24) is 4.90 Å². The monoisotopic (exact) mass is 521 g/mol. The summed E-state index contributed by atoms with van der Waals surface area (Å²) in [5.74, 6) is -0.735. The SMILES string of the molecule is O=C(OCC1c2ccccc2-c2ccccc21)N1C2C=C(Cc3cc(F)ccc3C(F)(F)F)CC1CCC2. The van der Waals surface area contributed by atoms with Crippen LogP contribution in [-0.4, -0.2) is 29.7 Å². The molecule has 3 aromatic rings. The molecule has 1 saturated heterocycles. The van der Waals surface area contributed by atoms with Crippen molar-refractivity contribution < 1.29 is 27.1 Å². The number of piperidine rings is 1. The molecule has 1 aliphatic carbocycles. The maximum atomic E-state index is 13.8. The molecule has 196 valence electrons. The summed E-state index contributed by atoms with van der Waals surface area (Å²) in [7, 11) is 0. The highest BCUT2D eigenvalue weighted by atomic mass is 19.4. The summed E-state index contributed by atoms with van der Waals surface area (Å²) in [5, 5.41) is 0. The Morgan fingerprint density at radius 1 is 0.947 bits per heavy atom. The number of alkyl halides is 3. The fourth-order valence-electron chi connectivity index (χ4n) is 6.43. The number of carbonyl (C=O) groups is 1. The molecule has 2 heterocycles. The van der Waals surface area contributed by atoms with Gasteiger partial charge in [0, 0.05) is 12.0 Å². The van der Waals surface area contributed by atoms with Gasteiger partial charge in [-0.15, -0.1) is 0 Å². The van der Waals surface area contributed by atoms with Gasteiger partial charge >= 0.3 is 12.3 Å². The number of carbonyl (C=O) groups excluding carboxylic acids is 1. The van der Waals surface area contributed by atoms with Gasteiger partial charge in [-0.05, 0) is 78.1 Å². The molecule has 2 aliphatic heterocycles. The number of halogens is 4. The highest BCUT2D eigenvalue weighted by Crippen LogP contribution is 2.45. The third kappa shape index (κ3) is 4.48. The van der Waals surface area contributed by atoms with Crippen molar-refractivity contribution in [3.63, 3.8) is 0 Å². The zero-order valence-corrected chi connectivity index (χ0v) is 20.7. The second-order valence-electron chi connectivity index (χ2n) is 10.4. The van der Waals surface area contributed by atoms with Crippen LogP contribution in [0.2, 0.25) is 0 Å². The molecule has 2 bridgehead atoms. The molecule has 3 nitrogen and oxygen atoms in total. The quantitative estimate of drug-likeness (QED) is 0.258. The van der Waals surface area contributed by atoms with Gasteiger partial charge in [-0.3, -0.25) is 4.90 Å². The maximum absolute atomic E-state index is 13.8. The van der Waals surface area contributed by atoms with Gasteiger partial charge in [-0.1, -0.05) is 60.2 Å². The lowest BCUT2D eigenvalue weighted by Gasteiger charge is -2.44. The number of benzene rings is 3. The van der Waals surface area contributed by atoms with Gasteiger partial charge in [0.25, 0.3) is 0 Å². The lowest BCUT2D eigenvalue weighted by molar-refractivity contribution is -0.138. The zero-order valence-electron chi connectivity index (χ0n) is 20.7. The minimum absolute atomic E-state index is 0.0120. The standard InChI is InChI=1S/C31H27F4NO2/c32-21-12-13-29(31(33,34)35)20(17-21)14-19-15-22-6-5-7-23(16-19)36(22)30(37)38-18-28-26-10-3-1-8-24(26)25-9-2-4-11-27(25)28/h1-4,8-13,15,17,22-23,28H,5-7,14,16,18H2. The van der Waals surface area contributed by atoms with E-state index >= 15 is 0 Å². The molecule has 0 N–H and O–H groups in total. The molecule has 2 atom stereocenters. The Balaban J connectivity index is 1.20. The lowest BCUT2D eigenvalue weighted by atomic mass is 9.83. The highest BCUT2D eigenvalue weighted by Gasteiger charge is 2.40. The van der Waals surface area contributed by atoms with Crippen molar-refractivity contribution in [2.75, 3.05) is 6.61 Å². The molecule has 0 saturated carbocycles. The summed E-state index contributed by atoms with van der Waals surface area (Å²) in [6, 6.07) is 18.5. The summed E-state index contributed by atoms with van der Waals surface area (Å²) < 4.78 is 60.3. The van der Waals surface area contributed by atoms with E-state index in [1.54, 1.807) is 4.90 Å². The molecular weight excluding hydrogens is 494 g/mol. The van der Waals surface area contributed by atoms with Crippen LogP contribution in [-0.2, 0) is 17.3 Å². The van der Waals surface area contributed by atoms with Crippen molar-refractivity contribution in [2.45, 2.75) is 56.3 Å². The Morgan fingerprint density at radius 3 is 2.29 bits per heavy atom. The first-order chi connectivity index (χ1) is 18.3. The number of rotatable bonds is 4. The van der Waals surface area contributed by atoms with Gasteiger partial charge in [-0.2, -0.15) is 13.2 Å². The first-order valence-electron chi connectivity index (χ1n) is 13.0. The molecule has 3 aromatic carbocycles. The van der Waals surface area contributed by atoms with Crippen molar-refractivity contribution in [1.29, 1.82) is 0 Å². The summed E-state index contributed by atoms with van der Waals surface area (Å²) in [6.45, 7) is 0.220. The Labute approximate surface area is 218 Å². The summed E-state index contributed by atoms with van der Waals surface area (Å²) >= 11 is 0. The van der Waals surface area contributed by atoms with E-state index in [4.69, 9.17) is 4.74 Å². The first-order valence-corrected chi connectivity index (χ1v) is 13.0. The topological polar surface area (TPSA) is 29.5 Å². The summed E-state index contributed by atoms with van der Waals surface area (Å²) in [5.41, 5.74) is 4.50. The van der Waals surface area contributed by atoms with Crippen LogP contribution in [0.25, 0.3) is 11.1 Å². The number of fused-ring (bicyclic) bond motifs is 5. The minimum Gasteiger partial charge on any atom is -0.448 e. The number of hydrogen-bond acceptors (Lipinski definition) is 2. The van der Waals surface area contributed by atoms with Gasteiger partial charge in [0.2, 0.25) is 0 Å². The average molecular weight is 522 g/mol. The van der Waals surface area contributed by atoms with Crippen molar-refractivity contribution in [3.8, 4) is 11.1 Å². The van der Waals surface area contributed by atoms with E-state index in [1.807, 2.05) is 30.3 Å². The van der Waals surface area contributed by atoms with E-state index in [9.17, 15) is 22.4 Å². The van der Waals surface area contributed by atoms with Gasteiger partial charge in [-0.25, -0.2) is 9.18 Å². The largest absolute Gasteiger partial charge is 0.448 e. The molecule has 3 aliphatic rings. The lowest BCUT2D eigenvalue weighted by Crippen LogP contribution is -2.52. The van der Waals surface area contributed by atoms with E-state index in [2.05, 4.69) is 24.3 Å². The molecule has 0 spiro atoms. The van der Waals surface area contributed by atoms with Crippen LogP contribution in [0.3, 0.4) is 0 Å². The maximum Gasteiger partial charge on any atom is 0.416 e. The zero-order chi connectivity index (χ0) is 26.4. The number of hydrogen-bond donors (Lipinski definition) is 0. The number of ether oxygens (including phenoxy) is 1. The molecule has 0 aromatic heterocycles. The Morgan fingerprint density at radius 2 is 1.63 bits per heavy atom. The normalized spacial score (nSPS) is 20.5. The molecular formula is C31H27F4NO2. The smallest absolute Gasteiger partial charge is 0.416 e.